The summed E-state index contributed by atoms with van der Waals surface area (Å²) in [5, 5.41) is 3.42. The van der Waals surface area contributed by atoms with Crippen LogP contribution in [0.3, 0.4) is 0 Å². The van der Waals surface area contributed by atoms with Gasteiger partial charge in [-0.15, -0.1) is 0 Å². The van der Waals surface area contributed by atoms with Crippen LogP contribution in [-0.2, 0) is 0 Å². The smallest absolute Gasteiger partial charge is 0.125 e. The molecular formula is C14H20BrNO. The molecule has 1 aliphatic rings. The molecule has 2 rings (SSSR count). The van der Waals surface area contributed by atoms with Crippen molar-refractivity contribution in [1.29, 1.82) is 0 Å². The second-order valence-corrected chi connectivity index (χ2v) is 5.63. The molecule has 3 heteroatoms. The third kappa shape index (κ3) is 2.50. The van der Waals surface area contributed by atoms with Gasteiger partial charge in [-0.2, -0.15) is 0 Å². The van der Waals surface area contributed by atoms with Crippen molar-refractivity contribution < 1.29 is 4.74 Å². The van der Waals surface area contributed by atoms with Crippen LogP contribution in [-0.4, -0.2) is 20.2 Å². The third-order valence-corrected chi connectivity index (χ3v) is 4.48. The Morgan fingerprint density at radius 1 is 1.29 bits per heavy atom. The predicted octanol–water partition coefficient (Wildman–Crippen LogP) is 3.54. The molecule has 0 saturated carbocycles. The van der Waals surface area contributed by atoms with Gasteiger partial charge in [-0.1, -0.05) is 15.9 Å². The molecule has 17 heavy (non-hydrogen) atoms. The topological polar surface area (TPSA) is 21.3 Å². The van der Waals surface area contributed by atoms with Crippen LogP contribution in [0.1, 0.15) is 35.4 Å². The van der Waals surface area contributed by atoms with Crippen molar-refractivity contribution in [2.24, 2.45) is 0 Å². The molecule has 94 valence electrons. The Bertz CT molecular complexity index is 411. The SMILES string of the molecule is COc1c(C)cc(Br)c(C)c1C1CCNCC1. The van der Waals surface area contributed by atoms with Gasteiger partial charge >= 0.3 is 0 Å². The molecular weight excluding hydrogens is 278 g/mol. The summed E-state index contributed by atoms with van der Waals surface area (Å²) in [4.78, 5) is 0. The number of aryl methyl sites for hydroxylation is 1. The van der Waals surface area contributed by atoms with Crippen molar-refractivity contribution in [2.75, 3.05) is 20.2 Å². The summed E-state index contributed by atoms with van der Waals surface area (Å²) in [6.07, 6.45) is 2.40. The average Bonchev–Trinajstić information content (AvgIpc) is 2.34. The summed E-state index contributed by atoms with van der Waals surface area (Å²) < 4.78 is 6.82. The van der Waals surface area contributed by atoms with E-state index in [1.54, 1.807) is 7.11 Å². The molecule has 1 heterocycles. The minimum atomic E-state index is 0.627. The van der Waals surface area contributed by atoms with Crippen molar-refractivity contribution >= 4 is 15.9 Å². The maximum absolute atomic E-state index is 5.62. The Labute approximate surface area is 112 Å². The lowest BCUT2D eigenvalue weighted by molar-refractivity contribution is 0.388. The summed E-state index contributed by atoms with van der Waals surface area (Å²) in [5.74, 6) is 1.71. The van der Waals surface area contributed by atoms with Gasteiger partial charge in [0, 0.05) is 10.0 Å². The normalized spacial score (nSPS) is 17.2. The molecule has 0 radical (unpaired) electrons. The minimum absolute atomic E-state index is 0.627. The number of ether oxygens (including phenoxy) is 1. The van der Waals surface area contributed by atoms with Crippen molar-refractivity contribution in [1.82, 2.24) is 5.32 Å². The van der Waals surface area contributed by atoms with E-state index < -0.39 is 0 Å². The molecule has 0 aromatic heterocycles. The van der Waals surface area contributed by atoms with Gasteiger partial charge in [-0.3, -0.25) is 0 Å². The number of hydrogen-bond donors (Lipinski definition) is 1. The van der Waals surface area contributed by atoms with Gasteiger partial charge in [-0.05, 0) is 62.9 Å². The lowest BCUT2D eigenvalue weighted by atomic mass is 9.85. The van der Waals surface area contributed by atoms with Crippen molar-refractivity contribution in [3.63, 3.8) is 0 Å². The van der Waals surface area contributed by atoms with Crippen LogP contribution in [0.5, 0.6) is 5.75 Å². The maximum atomic E-state index is 5.62. The number of rotatable bonds is 2. The quantitative estimate of drug-likeness (QED) is 0.901. The number of benzene rings is 1. The molecule has 1 fully saturated rings. The van der Waals surface area contributed by atoms with Crippen molar-refractivity contribution in [3.05, 3.63) is 27.2 Å². The highest BCUT2D eigenvalue weighted by Gasteiger charge is 2.23. The summed E-state index contributed by atoms with van der Waals surface area (Å²) >= 11 is 3.66. The Kier molecular flexibility index (Phi) is 4.10. The van der Waals surface area contributed by atoms with Crippen LogP contribution >= 0.6 is 15.9 Å². The maximum Gasteiger partial charge on any atom is 0.125 e. The second-order valence-electron chi connectivity index (χ2n) is 4.77. The lowest BCUT2D eigenvalue weighted by Crippen LogP contribution is -2.27. The number of hydrogen-bond acceptors (Lipinski definition) is 2. The molecule has 2 nitrogen and oxygen atoms in total. The van der Waals surface area contributed by atoms with Crippen molar-refractivity contribution in [2.45, 2.75) is 32.6 Å². The van der Waals surface area contributed by atoms with Crippen LogP contribution in [0.2, 0.25) is 0 Å². The van der Waals surface area contributed by atoms with E-state index >= 15 is 0 Å². The molecule has 1 N–H and O–H groups in total. The van der Waals surface area contributed by atoms with Crippen LogP contribution in [0, 0.1) is 13.8 Å². The van der Waals surface area contributed by atoms with Crippen LogP contribution < -0.4 is 10.1 Å². The first-order chi connectivity index (χ1) is 8.15. The second kappa shape index (κ2) is 5.40. The first-order valence-electron chi connectivity index (χ1n) is 6.19. The van der Waals surface area contributed by atoms with Gasteiger partial charge in [0.1, 0.15) is 5.75 Å². The Balaban J connectivity index is 2.48. The molecule has 1 aliphatic heterocycles. The first-order valence-corrected chi connectivity index (χ1v) is 6.98. The molecule has 0 amide bonds. The largest absolute Gasteiger partial charge is 0.496 e. The summed E-state index contributed by atoms with van der Waals surface area (Å²) in [6, 6.07) is 2.15. The highest BCUT2D eigenvalue weighted by atomic mass is 79.9. The van der Waals surface area contributed by atoms with Gasteiger partial charge in [0.2, 0.25) is 0 Å². The predicted molar refractivity (Wildman–Crippen MR) is 75.0 cm³/mol. The van der Waals surface area contributed by atoms with Gasteiger partial charge in [0.25, 0.3) is 0 Å². The fourth-order valence-corrected chi connectivity index (χ4v) is 3.31. The average molecular weight is 298 g/mol. The molecule has 0 unspecified atom stereocenters. The van der Waals surface area contributed by atoms with Crippen LogP contribution in [0.25, 0.3) is 0 Å². The first kappa shape index (κ1) is 12.9. The number of nitrogens with one attached hydrogen (secondary N) is 1. The van der Waals surface area contributed by atoms with E-state index in [0.717, 1.165) is 18.8 Å². The monoisotopic (exact) mass is 297 g/mol. The molecule has 1 aromatic rings. The lowest BCUT2D eigenvalue weighted by Gasteiger charge is -2.27. The van der Waals surface area contributed by atoms with E-state index in [1.165, 1.54) is 34.0 Å². The molecule has 1 aromatic carbocycles. The third-order valence-electron chi connectivity index (χ3n) is 3.66. The van der Waals surface area contributed by atoms with Crippen molar-refractivity contribution in [3.8, 4) is 5.75 Å². The Hall–Kier alpha value is -0.540. The van der Waals surface area contributed by atoms with E-state index in [0.29, 0.717) is 5.92 Å². The van der Waals surface area contributed by atoms with E-state index in [2.05, 4.69) is 41.2 Å². The van der Waals surface area contributed by atoms with E-state index in [-0.39, 0.29) is 0 Å². The Morgan fingerprint density at radius 2 is 1.94 bits per heavy atom. The van der Waals surface area contributed by atoms with Gasteiger partial charge in [0.05, 0.1) is 7.11 Å². The number of piperidine rings is 1. The molecule has 1 saturated heterocycles. The zero-order valence-corrected chi connectivity index (χ0v) is 12.4. The highest BCUT2D eigenvalue weighted by Crippen LogP contribution is 2.40. The molecule has 0 spiro atoms. The van der Waals surface area contributed by atoms with Crippen LogP contribution in [0.15, 0.2) is 10.5 Å². The van der Waals surface area contributed by atoms with Gasteiger partial charge in [0.15, 0.2) is 0 Å². The molecule has 0 atom stereocenters. The van der Waals surface area contributed by atoms with Gasteiger partial charge in [-0.25, -0.2) is 0 Å². The van der Waals surface area contributed by atoms with Crippen LogP contribution in [0.4, 0.5) is 0 Å². The van der Waals surface area contributed by atoms with E-state index in [9.17, 15) is 0 Å². The molecule has 0 aliphatic carbocycles. The van der Waals surface area contributed by atoms with E-state index in [1.807, 2.05) is 0 Å². The molecule has 0 bridgehead atoms. The van der Waals surface area contributed by atoms with E-state index in [4.69, 9.17) is 4.74 Å². The zero-order valence-electron chi connectivity index (χ0n) is 10.8. The fourth-order valence-electron chi connectivity index (χ4n) is 2.75. The standard InChI is InChI=1S/C14H20BrNO/c1-9-8-12(15)10(2)13(14(9)17-3)11-4-6-16-7-5-11/h8,11,16H,4-7H2,1-3H3. The zero-order chi connectivity index (χ0) is 12.4. The fraction of sp³-hybridized carbons (Fsp3) is 0.571. The Morgan fingerprint density at radius 3 is 2.53 bits per heavy atom. The summed E-state index contributed by atoms with van der Waals surface area (Å²) in [6.45, 7) is 6.52. The highest BCUT2D eigenvalue weighted by molar-refractivity contribution is 9.10. The number of methoxy groups -OCH3 is 1. The summed E-state index contributed by atoms with van der Waals surface area (Å²) in [7, 11) is 1.78. The number of halogens is 1. The summed E-state index contributed by atoms with van der Waals surface area (Å²) in [5.41, 5.74) is 3.96. The van der Waals surface area contributed by atoms with Gasteiger partial charge < -0.3 is 10.1 Å². The minimum Gasteiger partial charge on any atom is -0.496 e.